The maximum Gasteiger partial charge on any atom is 1.00 e. The predicted octanol–water partition coefficient (Wildman–Crippen LogP) is -5.11. The summed E-state index contributed by atoms with van der Waals surface area (Å²) in [5.41, 5.74) is 0.166. The Morgan fingerprint density at radius 3 is 0.938 bits per heavy atom. The monoisotopic (exact) mass is 741 g/mol. The first-order valence-corrected chi connectivity index (χ1v) is 13.2. The van der Waals surface area contributed by atoms with E-state index in [0.717, 1.165) is 0 Å². The number of rotatable bonds is 12. The van der Waals surface area contributed by atoms with Crippen LogP contribution in [0.3, 0.4) is 0 Å². The summed E-state index contributed by atoms with van der Waals surface area (Å²) in [6.45, 7) is 3.94. The summed E-state index contributed by atoms with van der Waals surface area (Å²) in [7, 11) is 0. The molecule has 0 amide bonds. The molecule has 0 aliphatic carbocycles. The van der Waals surface area contributed by atoms with Gasteiger partial charge in [0, 0.05) is 18.2 Å². The second-order valence-electron chi connectivity index (χ2n) is 9.64. The van der Waals surface area contributed by atoms with E-state index in [4.69, 9.17) is 29.5 Å². The van der Waals surface area contributed by atoms with Crippen molar-refractivity contribution < 1.29 is 218 Å². The molecule has 6 N–H and O–H groups in total. The Bertz CT molecular complexity index is 1590. The van der Waals surface area contributed by atoms with E-state index in [1.165, 1.54) is 75.4 Å². The average molecular weight is 742 g/mol. The molecule has 1 aromatic heterocycles. The smallest absolute Gasteiger partial charge is 1.00 e. The normalized spacial score (nSPS) is 12.1. The first-order valence-electron chi connectivity index (χ1n) is 13.2. The van der Waals surface area contributed by atoms with Crippen molar-refractivity contribution in [2.24, 2.45) is 0 Å². The fourth-order valence-corrected chi connectivity index (χ4v) is 3.82. The molecule has 0 radical (unpaired) electrons. The van der Waals surface area contributed by atoms with E-state index >= 15 is 0 Å². The molecular weight excluding hydrogens is 712 g/mol. The number of carboxylic acids is 3. The Balaban J connectivity index is -0.00000384. The number of aliphatic carboxylic acids is 3. The number of aromatic nitrogens is 3. The summed E-state index contributed by atoms with van der Waals surface area (Å²) in [5.74, 6) is -5.03. The molecule has 0 fully saturated rings. The summed E-state index contributed by atoms with van der Waals surface area (Å²) >= 11 is 0. The molecule has 0 bridgehead atoms. The maximum atomic E-state index is 11.2. The van der Waals surface area contributed by atoms with Gasteiger partial charge in [0.25, 0.3) is 0 Å². The van der Waals surface area contributed by atoms with Crippen LogP contribution < -0.4 is 168 Å². The molecule has 3 atom stereocenters. The van der Waals surface area contributed by atoms with Crippen molar-refractivity contribution in [2.75, 3.05) is 0 Å². The van der Waals surface area contributed by atoms with Crippen molar-refractivity contribution in [1.29, 1.82) is 0 Å². The molecule has 0 spiro atoms. The van der Waals surface area contributed by atoms with Gasteiger partial charge in [0.1, 0.15) is 34.5 Å². The van der Waals surface area contributed by atoms with Crippen LogP contribution in [0, 0.1) is 0 Å². The van der Waals surface area contributed by atoms with Crippen molar-refractivity contribution in [2.45, 2.75) is 39.1 Å². The van der Waals surface area contributed by atoms with Gasteiger partial charge in [-0.2, -0.15) is 0 Å². The maximum absolute atomic E-state index is 11.2. The average Bonchev–Trinajstić information content (AvgIpc) is 2.97. The minimum absolute atomic E-state index is 0. The minimum atomic E-state index is -1.22. The number of benzene rings is 3. The molecule has 240 valence electrons. The quantitative estimate of drug-likeness (QED) is 0.0745. The molecule has 0 aliphatic heterocycles. The topological polar surface area (TPSA) is 239 Å². The first-order chi connectivity index (χ1) is 21.2. The number of nitrogens with zero attached hydrogens (tertiary/aromatic N) is 3. The number of ether oxygens (including phenoxy) is 3. The molecule has 3 aromatic carbocycles. The standard InChI is InChI=1S/C30H27N3O12.3K.3H/c1-13(28(37)38)43-16-4-7-19(22(34)10-16)25-31-26(20-8-5-17(11-23(20)35)44-14(2)29(39)40)33-27(32-25)21-9-6-18(12-24(21)36)45-15(3)30(41)42;;;;;;/h4-15,34-36H,1-3H3,(H,37,38)(H,39,40)(H,41,42);;;;;;/q;3*+1;3*-1. The van der Waals surface area contributed by atoms with Crippen LogP contribution in [0.2, 0.25) is 0 Å². The van der Waals surface area contributed by atoms with Crippen LogP contribution >= 0.6 is 0 Å². The molecule has 15 nitrogen and oxygen atoms in total. The second-order valence-corrected chi connectivity index (χ2v) is 9.64. The Kier molecular flexibility index (Phi) is 18.7. The van der Waals surface area contributed by atoms with Gasteiger partial charge in [0.2, 0.25) is 0 Å². The van der Waals surface area contributed by atoms with Crippen molar-refractivity contribution in [1.82, 2.24) is 15.0 Å². The van der Waals surface area contributed by atoms with Gasteiger partial charge in [-0.05, 0) is 57.2 Å². The molecule has 0 saturated heterocycles. The van der Waals surface area contributed by atoms with Gasteiger partial charge < -0.3 is 49.1 Å². The van der Waals surface area contributed by atoms with Crippen LogP contribution in [0.1, 0.15) is 25.1 Å². The van der Waals surface area contributed by atoms with E-state index in [1.807, 2.05) is 0 Å². The Morgan fingerprint density at radius 2 is 0.750 bits per heavy atom. The molecule has 1 heterocycles. The molecule has 4 aromatic rings. The zero-order valence-electron chi connectivity index (χ0n) is 29.9. The van der Waals surface area contributed by atoms with E-state index in [2.05, 4.69) is 15.0 Å². The molecule has 48 heavy (non-hydrogen) atoms. The fourth-order valence-electron chi connectivity index (χ4n) is 3.82. The van der Waals surface area contributed by atoms with E-state index in [1.54, 1.807) is 0 Å². The predicted molar refractivity (Wildman–Crippen MR) is 158 cm³/mol. The third-order valence-corrected chi connectivity index (χ3v) is 6.25. The SMILES string of the molecule is CC(Oc1ccc(-c2nc(-c3ccc(OC(C)C(=O)O)cc3O)nc(-c3ccc(OC(C)C(=O)O)cc3O)n2)c(O)c1)C(=O)O.[H-].[H-].[H-].[K+].[K+].[K+]. The van der Waals surface area contributed by atoms with Crippen LogP contribution in [0.25, 0.3) is 34.2 Å². The molecule has 3 unspecified atom stereocenters. The summed E-state index contributed by atoms with van der Waals surface area (Å²) in [4.78, 5) is 46.6. The van der Waals surface area contributed by atoms with Crippen LogP contribution in [-0.2, 0) is 14.4 Å². The molecule has 0 saturated carbocycles. The number of phenolic OH excluding ortho intramolecular Hbond substituents is 3. The van der Waals surface area contributed by atoms with Gasteiger partial charge in [-0.3, -0.25) is 0 Å². The summed E-state index contributed by atoms with van der Waals surface area (Å²) < 4.78 is 15.9. The summed E-state index contributed by atoms with van der Waals surface area (Å²) in [6, 6.07) is 11.8. The van der Waals surface area contributed by atoms with Gasteiger partial charge in [-0.1, -0.05) is 0 Å². The van der Waals surface area contributed by atoms with Crippen molar-refractivity contribution in [3.63, 3.8) is 0 Å². The van der Waals surface area contributed by atoms with Crippen LogP contribution in [0.4, 0.5) is 0 Å². The number of aromatic hydroxyl groups is 3. The number of hydrogen-bond acceptors (Lipinski definition) is 12. The van der Waals surface area contributed by atoms with Crippen LogP contribution in [0.15, 0.2) is 54.6 Å². The first kappa shape index (κ1) is 44.8. The third kappa shape index (κ3) is 11.7. The van der Waals surface area contributed by atoms with Crippen molar-refractivity contribution in [3.05, 3.63) is 54.6 Å². The van der Waals surface area contributed by atoms with E-state index in [0.29, 0.717) is 0 Å². The van der Waals surface area contributed by atoms with Gasteiger partial charge in [0.05, 0.1) is 16.7 Å². The van der Waals surface area contributed by atoms with Gasteiger partial charge >= 0.3 is 172 Å². The Hall–Kier alpha value is -1.21. The second kappa shape index (κ2) is 20.0. The minimum Gasteiger partial charge on any atom is -1.00 e. The van der Waals surface area contributed by atoms with Gasteiger partial charge in [0.15, 0.2) is 35.8 Å². The Labute approximate surface area is 405 Å². The number of carboxylic acid groups (broad SMARTS) is 3. The molecular formula is C30H30K3N3O12. The van der Waals surface area contributed by atoms with Crippen molar-refractivity contribution >= 4 is 17.9 Å². The summed E-state index contributed by atoms with van der Waals surface area (Å²) in [5, 5.41) is 59.7. The zero-order valence-corrected chi connectivity index (χ0v) is 36.3. The number of carbonyl (C=O) groups is 3. The van der Waals surface area contributed by atoms with Crippen LogP contribution in [0.5, 0.6) is 34.5 Å². The van der Waals surface area contributed by atoms with E-state index in [9.17, 15) is 29.7 Å². The number of hydrogen-bond donors (Lipinski definition) is 6. The number of phenols is 3. The summed E-state index contributed by atoms with van der Waals surface area (Å²) in [6.07, 6.45) is -3.60. The van der Waals surface area contributed by atoms with Crippen LogP contribution in [-0.4, -0.2) is 81.8 Å². The largest absolute Gasteiger partial charge is 1.00 e. The third-order valence-electron chi connectivity index (χ3n) is 6.25. The van der Waals surface area contributed by atoms with Gasteiger partial charge in [-0.15, -0.1) is 0 Å². The Morgan fingerprint density at radius 1 is 0.521 bits per heavy atom. The van der Waals surface area contributed by atoms with Crippen molar-refractivity contribution in [3.8, 4) is 68.7 Å². The van der Waals surface area contributed by atoms with E-state index < -0.39 is 36.2 Å². The van der Waals surface area contributed by atoms with E-state index in [-0.39, 0.29) is 227 Å². The molecule has 18 heteroatoms. The zero-order chi connectivity index (χ0) is 33.0. The fraction of sp³-hybridized carbons (Fsp3) is 0.200. The molecule has 0 aliphatic rings. The molecule has 4 rings (SSSR count). The van der Waals surface area contributed by atoms with Gasteiger partial charge in [-0.25, -0.2) is 29.3 Å².